The molecule has 22 heavy (non-hydrogen) atoms. The van der Waals surface area contributed by atoms with E-state index >= 15 is 0 Å². The van der Waals surface area contributed by atoms with Crippen LogP contribution in [0.1, 0.15) is 44.0 Å². The van der Waals surface area contributed by atoms with Crippen LogP contribution in [-0.4, -0.2) is 41.0 Å². The second-order valence-corrected chi connectivity index (χ2v) is 6.37. The fourth-order valence-corrected chi connectivity index (χ4v) is 2.36. The van der Waals surface area contributed by atoms with Gasteiger partial charge in [0.1, 0.15) is 16.6 Å². The lowest BCUT2D eigenvalue weighted by Crippen LogP contribution is -2.28. The van der Waals surface area contributed by atoms with E-state index in [-0.39, 0.29) is 16.7 Å². The van der Waals surface area contributed by atoms with Crippen molar-refractivity contribution in [1.29, 1.82) is 0 Å². The number of halogens is 1. The van der Waals surface area contributed by atoms with E-state index in [0.717, 1.165) is 25.9 Å². The number of carbonyl (C=O) groups excluding carboxylic acids is 2. The van der Waals surface area contributed by atoms with Crippen LogP contribution in [0, 0.1) is 0 Å². The molecular formula is C14H19ClN4O3. The maximum atomic E-state index is 11.8. The molecule has 2 rings (SSSR count). The molecule has 1 fully saturated rings. The van der Waals surface area contributed by atoms with Gasteiger partial charge < -0.3 is 9.64 Å². The van der Waals surface area contributed by atoms with Gasteiger partial charge in [0.05, 0.1) is 5.56 Å². The summed E-state index contributed by atoms with van der Waals surface area (Å²) in [4.78, 5) is 33.1. The fourth-order valence-electron chi connectivity index (χ4n) is 2.15. The van der Waals surface area contributed by atoms with Crippen LogP contribution >= 0.6 is 11.6 Å². The molecule has 7 nitrogen and oxygen atoms in total. The Kier molecular flexibility index (Phi) is 4.85. The molecule has 0 saturated carbocycles. The van der Waals surface area contributed by atoms with E-state index in [1.165, 1.54) is 0 Å². The first kappa shape index (κ1) is 16.5. The monoisotopic (exact) mass is 326 g/mol. The molecule has 0 bridgehead atoms. The third-order valence-electron chi connectivity index (χ3n) is 3.02. The summed E-state index contributed by atoms with van der Waals surface area (Å²) in [5.41, 5.74) is -0.396. The molecule has 0 atom stereocenters. The molecule has 120 valence electrons. The molecule has 0 spiro atoms. The number of ether oxygens (including phenoxy) is 1. The van der Waals surface area contributed by atoms with Gasteiger partial charge in [0.15, 0.2) is 6.29 Å². The smallest absolute Gasteiger partial charge is 0.414 e. The van der Waals surface area contributed by atoms with Crippen molar-refractivity contribution in [3.63, 3.8) is 0 Å². The number of nitrogens with one attached hydrogen (secondary N) is 1. The number of carbonyl (C=O) groups is 2. The molecule has 1 amide bonds. The summed E-state index contributed by atoms with van der Waals surface area (Å²) in [5.74, 6) is 0.463. The van der Waals surface area contributed by atoms with Crippen LogP contribution in [0.4, 0.5) is 16.6 Å². The number of hydrogen-bond acceptors (Lipinski definition) is 6. The lowest BCUT2D eigenvalue weighted by molar-refractivity contribution is 0.0634. The van der Waals surface area contributed by atoms with Gasteiger partial charge in [0.25, 0.3) is 0 Å². The zero-order valence-electron chi connectivity index (χ0n) is 12.9. The van der Waals surface area contributed by atoms with E-state index in [1.54, 1.807) is 20.8 Å². The van der Waals surface area contributed by atoms with Gasteiger partial charge in [-0.05, 0) is 33.6 Å². The van der Waals surface area contributed by atoms with Crippen molar-refractivity contribution in [1.82, 2.24) is 9.97 Å². The predicted molar refractivity (Wildman–Crippen MR) is 83.7 cm³/mol. The Bertz CT molecular complexity index is 580. The zero-order valence-corrected chi connectivity index (χ0v) is 13.6. The molecule has 1 aliphatic heterocycles. The maximum Gasteiger partial charge on any atom is 0.414 e. The highest BCUT2D eigenvalue weighted by Crippen LogP contribution is 2.27. The minimum Gasteiger partial charge on any atom is -0.444 e. The molecule has 0 unspecified atom stereocenters. The van der Waals surface area contributed by atoms with Crippen LogP contribution in [0.5, 0.6) is 0 Å². The van der Waals surface area contributed by atoms with Crippen molar-refractivity contribution in [2.45, 2.75) is 39.2 Å². The third-order valence-corrected chi connectivity index (χ3v) is 3.30. The normalized spacial score (nSPS) is 14.8. The SMILES string of the molecule is CC(C)(C)OC(=O)Nc1nc(Cl)c(C=O)c(N2CCCC2)n1. The van der Waals surface area contributed by atoms with Gasteiger partial charge in [-0.1, -0.05) is 11.6 Å². The topological polar surface area (TPSA) is 84.4 Å². The van der Waals surface area contributed by atoms with E-state index in [0.29, 0.717) is 12.1 Å². The highest BCUT2D eigenvalue weighted by molar-refractivity contribution is 6.32. The first-order valence-corrected chi connectivity index (χ1v) is 7.45. The van der Waals surface area contributed by atoms with E-state index in [9.17, 15) is 9.59 Å². The zero-order chi connectivity index (χ0) is 16.3. The van der Waals surface area contributed by atoms with Crippen LogP contribution in [0.3, 0.4) is 0 Å². The lowest BCUT2D eigenvalue weighted by Gasteiger charge is -2.21. The van der Waals surface area contributed by atoms with Crippen LogP contribution in [0.15, 0.2) is 0 Å². The number of amides is 1. The summed E-state index contributed by atoms with van der Waals surface area (Å²) >= 11 is 6.03. The van der Waals surface area contributed by atoms with Gasteiger partial charge in [0, 0.05) is 13.1 Å². The van der Waals surface area contributed by atoms with Crippen molar-refractivity contribution in [2.75, 3.05) is 23.3 Å². The summed E-state index contributed by atoms with van der Waals surface area (Å²) in [7, 11) is 0. The summed E-state index contributed by atoms with van der Waals surface area (Å²) in [6, 6.07) is 0. The minimum absolute atomic E-state index is 0.0120. The van der Waals surface area contributed by atoms with Gasteiger partial charge in [-0.2, -0.15) is 9.97 Å². The number of hydrogen-bond donors (Lipinski definition) is 1. The number of anilines is 2. The van der Waals surface area contributed by atoms with Crippen LogP contribution in [-0.2, 0) is 4.74 Å². The first-order chi connectivity index (χ1) is 10.3. The molecule has 0 radical (unpaired) electrons. The Hall–Kier alpha value is -1.89. The van der Waals surface area contributed by atoms with Crippen molar-refractivity contribution in [3.8, 4) is 0 Å². The van der Waals surface area contributed by atoms with Gasteiger partial charge in [-0.25, -0.2) is 4.79 Å². The number of rotatable bonds is 3. The van der Waals surface area contributed by atoms with Gasteiger partial charge >= 0.3 is 6.09 Å². The van der Waals surface area contributed by atoms with E-state index < -0.39 is 11.7 Å². The molecule has 1 aromatic rings. The summed E-state index contributed by atoms with van der Waals surface area (Å²) < 4.78 is 5.15. The van der Waals surface area contributed by atoms with E-state index in [4.69, 9.17) is 16.3 Å². The Morgan fingerprint density at radius 3 is 2.50 bits per heavy atom. The maximum absolute atomic E-state index is 11.8. The highest BCUT2D eigenvalue weighted by atomic mass is 35.5. The molecular weight excluding hydrogens is 308 g/mol. The molecule has 1 aromatic heterocycles. The second kappa shape index (κ2) is 6.48. The highest BCUT2D eigenvalue weighted by Gasteiger charge is 2.23. The van der Waals surface area contributed by atoms with Gasteiger partial charge in [0.2, 0.25) is 5.95 Å². The number of nitrogens with zero attached hydrogens (tertiary/aromatic N) is 3. The van der Waals surface area contributed by atoms with Crippen molar-refractivity contribution in [2.24, 2.45) is 0 Å². The quantitative estimate of drug-likeness (QED) is 0.679. The fraction of sp³-hybridized carbons (Fsp3) is 0.571. The van der Waals surface area contributed by atoms with Crippen molar-refractivity contribution >= 4 is 35.7 Å². The number of aromatic nitrogens is 2. The molecule has 1 aliphatic rings. The largest absolute Gasteiger partial charge is 0.444 e. The molecule has 1 saturated heterocycles. The number of aldehydes is 1. The molecule has 8 heteroatoms. The molecule has 1 N–H and O–H groups in total. The minimum atomic E-state index is -0.671. The standard InChI is InChI=1S/C14H19ClN4O3/c1-14(2,3)22-13(21)18-12-16-10(15)9(8-20)11(17-12)19-6-4-5-7-19/h8H,4-7H2,1-3H3,(H,16,17,18,21). The second-order valence-electron chi connectivity index (χ2n) is 6.01. The van der Waals surface area contributed by atoms with Gasteiger partial charge in [-0.3, -0.25) is 10.1 Å². The summed E-state index contributed by atoms with van der Waals surface area (Å²) in [5, 5.41) is 2.46. The first-order valence-electron chi connectivity index (χ1n) is 7.08. The Labute approximate surface area is 134 Å². The van der Waals surface area contributed by atoms with Crippen LogP contribution in [0.25, 0.3) is 0 Å². The Balaban J connectivity index is 2.25. The van der Waals surface area contributed by atoms with Crippen molar-refractivity contribution < 1.29 is 14.3 Å². The van der Waals surface area contributed by atoms with Crippen molar-refractivity contribution in [3.05, 3.63) is 10.7 Å². The third kappa shape index (κ3) is 4.07. The molecule has 2 heterocycles. The van der Waals surface area contributed by atoms with E-state index in [1.807, 2.05) is 4.90 Å². The summed E-state index contributed by atoms with van der Waals surface area (Å²) in [6.07, 6.45) is 2.01. The van der Waals surface area contributed by atoms with Gasteiger partial charge in [-0.15, -0.1) is 0 Å². The lowest BCUT2D eigenvalue weighted by atomic mass is 10.2. The van der Waals surface area contributed by atoms with Crippen LogP contribution < -0.4 is 10.2 Å². The average Bonchev–Trinajstić information content (AvgIpc) is 2.89. The molecule has 0 aliphatic carbocycles. The van der Waals surface area contributed by atoms with Crippen LogP contribution in [0.2, 0.25) is 5.15 Å². The average molecular weight is 327 g/mol. The predicted octanol–water partition coefficient (Wildman–Crippen LogP) is 2.89. The molecule has 0 aromatic carbocycles. The Morgan fingerprint density at radius 2 is 1.95 bits per heavy atom. The Morgan fingerprint density at radius 1 is 1.32 bits per heavy atom. The van der Waals surface area contributed by atoms with E-state index in [2.05, 4.69) is 15.3 Å². The summed E-state index contributed by atoms with van der Waals surface area (Å²) in [6.45, 7) is 6.85.